The highest BCUT2D eigenvalue weighted by atomic mass is 32.2. The molecule has 9 heteroatoms. The van der Waals surface area contributed by atoms with E-state index >= 15 is 0 Å². The lowest BCUT2D eigenvalue weighted by Gasteiger charge is -2.34. The number of hydrogen-bond donors (Lipinski definition) is 2. The molecule has 1 aliphatic heterocycles. The highest BCUT2D eigenvalue weighted by Crippen LogP contribution is 2.47. The number of ketones is 1. The van der Waals surface area contributed by atoms with Gasteiger partial charge in [0.1, 0.15) is 0 Å². The first-order valence-corrected chi connectivity index (χ1v) is 12.4. The van der Waals surface area contributed by atoms with Crippen LogP contribution in [0.1, 0.15) is 47.4 Å². The molecule has 0 saturated carbocycles. The van der Waals surface area contributed by atoms with E-state index in [1.165, 1.54) is 18.2 Å². The Hall–Kier alpha value is -3.51. The molecule has 1 aliphatic carbocycles. The molecule has 0 spiro atoms. The van der Waals surface area contributed by atoms with Crippen LogP contribution in [-0.4, -0.2) is 17.4 Å². The topological polar surface area (TPSA) is 82.0 Å². The van der Waals surface area contributed by atoms with Crippen molar-refractivity contribution >= 4 is 29.1 Å². The summed E-state index contributed by atoms with van der Waals surface area (Å²) in [6.45, 7) is 3.83. The third-order valence-electron chi connectivity index (χ3n) is 6.24. The van der Waals surface area contributed by atoms with E-state index in [0.29, 0.717) is 29.3 Å². The van der Waals surface area contributed by atoms with Gasteiger partial charge in [-0.05, 0) is 49.9 Å². The Labute approximate surface area is 211 Å². The molecular weight excluding hydrogens is 487 g/mol. The standard InChI is InChI=1S/C27H24F3N3O2S/c1-15-10-11-20(16(2)12-15)32-23(35)14-36-26-18(13-31)24(25-21(33-26)8-5-9-22(25)34)17-6-3-4-7-19(17)27(28,29)30/h3-4,6-7,10-12,24,33H,5,8-9,14H2,1-2H3,(H,32,35). The number of nitriles is 1. The molecule has 0 saturated heterocycles. The van der Waals surface area contributed by atoms with Gasteiger partial charge in [0.05, 0.1) is 33.9 Å². The van der Waals surface area contributed by atoms with E-state index in [9.17, 15) is 28.0 Å². The van der Waals surface area contributed by atoms with Crippen molar-refractivity contribution in [2.45, 2.75) is 45.2 Å². The summed E-state index contributed by atoms with van der Waals surface area (Å²) in [4.78, 5) is 25.6. The number of rotatable bonds is 5. The Morgan fingerprint density at radius 1 is 1.19 bits per heavy atom. The van der Waals surface area contributed by atoms with E-state index in [1.54, 1.807) is 6.07 Å². The Kier molecular flexibility index (Phi) is 7.27. The largest absolute Gasteiger partial charge is 0.416 e. The smallest absolute Gasteiger partial charge is 0.352 e. The molecule has 1 amide bonds. The van der Waals surface area contributed by atoms with E-state index in [4.69, 9.17) is 0 Å². The molecule has 36 heavy (non-hydrogen) atoms. The zero-order valence-electron chi connectivity index (χ0n) is 19.8. The first kappa shape index (κ1) is 25.6. The number of aryl methyl sites for hydroxylation is 2. The van der Waals surface area contributed by atoms with E-state index in [1.807, 2.05) is 32.0 Å². The van der Waals surface area contributed by atoms with Gasteiger partial charge < -0.3 is 10.6 Å². The second-order valence-electron chi connectivity index (χ2n) is 8.82. The Morgan fingerprint density at radius 2 is 1.94 bits per heavy atom. The Bertz CT molecular complexity index is 1340. The van der Waals surface area contributed by atoms with Crippen LogP contribution in [0.25, 0.3) is 0 Å². The molecule has 2 aromatic carbocycles. The number of anilines is 1. The maximum Gasteiger partial charge on any atom is 0.416 e. The molecule has 1 atom stereocenters. The quantitative estimate of drug-likeness (QED) is 0.505. The van der Waals surface area contributed by atoms with Crippen LogP contribution in [0.2, 0.25) is 0 Å². The average Bonchev–Trinajstić information content (AvgIpc) is 2.83. The van der Waals surface area contributed by atoms with E-state index in [0.717, 1.165) is 29.0 Å². The first-order chi connectivity index (χ1) is 17.1. The molecule has 0 radical (unpaired) electrons. The van der Waals surface area contributed by atoms with Crippen LogP contribution in [0.4, 0.5) is 18.9 Å². The van der Waals surface area contributed by atoms with Gasteiger partial charge in [0.25, 0.3) is 0 Å². The number of nitrogens with one attached hydrogen (secondary N) is 2. The summed E-state index contributed by atoms with van der Waals surface area (Å²) >= 11 is 1.04. The average molecular weight is 512 g/mol. The van der Waals surface area contributed by atoms with Crippen molar-refractivity contribution in [3.8, 4) is 6.07 Å². The monoisotopic (exact) mass is 511 g/mol. The summed E-state index contributed by atoms with van der Waals surface area (Å²) in [7, 11) is 0. The summed E-state index contributed by atoms with van der Waals surface area (Å²) in [6, 6.07) is 12.7. The Morgan fingerprint density at radius 3 is 2.64 bits per heavy atom. The van der Waals surface area contributed by atoms with Crippen LogP contribution in [0.15, 0.2) is 64.3 Å². The first-order valence-electron chi connectivity index (χ1n) is 11.4. The zero-order chi connectivity index (χ0) is 26.0. The lowest BCUT2D eigenvalue weighted by Crippen LogP contribution is -2.32. The number of nitrogens with zero attached hydrogens (tertiary/aromatic N) is 1. The number of amides is 1. The number of halogens is 3. The van der Waals surface area contributed by atoms with Crippen LogP contribution in [0.3, 0.4) is 0 Å². The van der Waals surface area contributed by atoms with Crippen LogP contribution in [0, 0.1) is 25.2 Å². The molecule has 0 aromatic heterocycles. The molecule has 5 nitrogen and oxygen atoms in total. The highest BCUT2D eigenvalue weighted by Gasteiger charge is 2.42. The third-order valence-corrected chi connectivity index (χ3v) is 7.26. The summed E-state index contributed by atoms with van der Waals surface area (Å²) in [5, 5.41) is 16.3. The van der Waals surface area contributed by atoms with Gasteiger partial charge in [-0.3, -0.25) is 9.59 Å². The maximum absolute atomic E-state index is 13.9. The van der Waals surface area contributed by atoms with Crippen molar-refractivity contribution in [2.24, 2.45) is 0 Å². The fourth-order valence-electron chi connectivity index (χ4n) is 4.63. The second-order valence-corrected chi connectivity index (χ2v) is 9.81. The molecule has 0 fully saturated rings. The minimum atomic E-state index is -4.65. The lowest BCUT2D eigenvalue weighted by atomic mass is 9.75. The minimum absolute atomic E-state index is 0.00464. The normalized spacial score (nSPS) is 17.9. The number of dihydropyridines is 1. The predicted octanol–water partition coefficient (Wildman–Crippen LogP) is 6.12. The molecule has 2 N–H and O–H groups in total. The number of alkyl halides is 3. The van der Waals surface area contributed by atoms with Gasteiger partial charge in [-0.1, -0.05) is 47.7 Å². The van der Waals surface area contributed by atoms with Gasteiger partial charge in [-0.25, -0.2) is 0 Å². The van der Waals surface area contributed by atoms with Crippen molar-refractivity contribution in [3.63, 3.8) is 0 Å². The zero-order valence-corrected chi connectivity index (χ0v) is 20.6. The summed E-state index contributed by atoms with van der Waals surface area (Å²) in [5.74, 6) is -1.80. The van der Waals surface area contributed by atoms with Crippen molar-refractivity contribution in [1.82, 2.24) is 5.32 Å². The Balaban J connectivity index is 1.69. The van der Waals surface area contributed by atoms with Gasteiger partial charge in [0.15, 0.2) is 5.78 Å². The SMILES string of the molecule is Cc1ccc(NC(=O)CSC2=C(C#N)C(c3ccccc3C(F)(F)F)C3=C(CCCC3=O)N2)c(C)c1. The molecule has 2 aliphatic rings. The number of thioether (sulfide) groups is 1. The molecule has 4 rings (SSSR count). The molecule has 1 heterocycles. The van der Waals surface area contributed by atoms with Crippen LogP contribution in [0.5, 0.6) is 0 Å². The molecular formula is C27H24F3N3O2S. The molecule has 0 bridgehead atoms. The van der Waals surface area contributed by atoms with Gasteiger partial charge in [0, 0.05) is 23.4 Å². The molecule has 186 valence electrons. The van der Waals surface area contributed by atoms with Crippen LogP contribution < -0.4 is 10.6 Å². The van der Waals surface area contributed by atoms with Crippen LogP contribution >= 0.6 is 11.8 Å². The summed E-state index contributed by atoms with van der Waals surface area (Å²) in [6.07, 6.45) is -3.40. The number of Topliss-reactive ketones (excluding diaryl/α,β-unsaturated/α-hetero) is 1. The lowest BCUT2D eigenvalue weighted by molar-refractivity contribution is -0.138. The van der Waals surface area contributed by atoms with Crippen molar-refractivity contribution in [1.29, 1.82) is 5.26 Å². The number of hydrogen-bond acceptors (Lipinski definition) is 5. The fourth-order valence-corrected chi connectivity index (χ4v) is 5.50. The number of carbonyl (C=O) groups is 2. The van der Waals surface area contributed by atoms with Gasteiger partial charge in [-0.2, -0.15) is 18.4 Å². The van der Waals surface area contributed by atoms with Crippen molar-refractivity contribution in [3.05, 3.63) is 86.6 Å². The predicted molar refractivity (Wildman–Crippen MR) is 133 cm³/mol. The minimum Gasteiger partial charge on any atom is -0.352 e. The number of allylic oxidation sites excluding steroid dienone is 3. The molecule has 2 aromatic rings. The second kappa shape index (κ2) is 10.2. The fraction of sp³-hybridized carbons (Fsp3) is 0.296. The third kappa shape index (κ3) is 5.19. The summed E-state index contributed by atoms with van der Waals surface area (Å²) < 4.78 is 41.7. The van der Waals surface area contributed by atoms with Crippen molar-refractivity contribution < 1.29 is 22.8 Å². The van der Waals surface area contributed by atoms with E-state index < -0.39 is 17.7 Å². The summed E-state index contributed by atoms with van der Waals surface area (Å²) in [5.41, 5.74) is 2.34. The van der Waals surface area contributed by atoms with E-state index in [2.05, 4.69) is 10.6 Å². The van der Waals surface area contributed by atoms with Gasteiger partial charge >= 0.3 is 6.18 Å². The van der Waals surface area contributed by atoms with Gasteiger partial charge in [-0.15, -0.1) is 0 Å². The van der Waals surface area contributed by atoms with Crippen molar-refractivity contribution in [2.75, 3.05) is 11.1 Å². The maximum atomic E-state index is 13.9. The highest BCUT2D eigenvalue weighted by molar-refractivity contribution is 8.03. The molecule has 1 unspecified atom stereocenters. The van der Waals surface area contributed by atoms with E-state index in [-0.39, 0.29) is 40.6 Å². The van der Waals surface area contributed by atoms with Gasteiger partial charge in [0.2, 0.25) is 5.91 Å². The number of carbonyl (C=O) groups excluding carboxylic acids is 2. The van der Waals surface area contributed by atoms with Crippen LogP contribution in [-0.2, 0) is 15.8 Å². The number of benzene rings is 2.